The molecule has 3 heteroatoms. The van der Waals surface area contributed by atoms with Crippen LogP contribution in [0.5, 0.6) is 0 Å². The van der Waals surface area contributed by atoms with E-state index in [-0.39, 0.29) is 16.2 Å². The molecule has 0 radical (unpaired) electrons. The highest BCUT2D eigenvalue weighted by Crippen LogP contribution is 2.64. The molecule has 72 heavy (non-hydrogen) atoms. The second-order valence-electron chi connectivity index (χ2n) is 22.5. The standard InChI is InChI=1S/C69H53NO2/c1-38-25-30-45(39(2)33-38)51-37-55-58(60-49-20-12-15-23-56(49)71-65(51)60)47-31-28-43(35-53(47)67(55,3)4)70(42-27-26-40-17-9-10-18-41(40)34-42)44-29-32-48-54(36-44)69(7,8)63-59(48)61-50-21-13-16-24-57(50)72-66(61)62-46-19-11-14-22-52(46)68(5,6)64(62)63/h9-37H,1-8H3. The first-order chi connectivity index (χ1) is 34.8. The summed E-state index contributed by atoms with van der Waals surface area (Å²) in [6.07, 6.45) is 0. The number of hydrogen-bond donors (Lipinski definition) is 0. The lowest BCUT2D eigenvalue weighted by Gasteiger charge is -2.32. The number of rotatable bonds is 4. The minimum Gasteiger partial charge on any atom is -0.455 e. The van der Waals surface area contributed by atoms with Gasteiger partial charge in [-0.3, -0.25) is 0 Å². The number of para-hydroxylation sites is 2. The Balaban J connectivity index is 0.961. The monoisotopic (exact) mass is 927 g/mol. The Kier molecular flexibility index (Phi) is 8.12. The minimum absolute atomic E-state index is 0.231. The molecule has 15 rings (SSSR count). The molecule has 2 aromatic heterocycles. The fraction of sp³-hybridized carbons (Fsp3) is 0.159. The number of hydrogen-bond acceptors (Lipinski definition) is 3. The van der Waals surface area contributed by atoms with Crippen LogP contribution >= 0.6 is 0 Å². The maximum absolute atomic E-state index is 7.01. The van der Waals surface area contributed by atoms with Crippen LogP contribution in [0.25, 0.3) is 99.2 Å². The van der Waals surface area contributed by atoms with E-state index in [2.05, 4.69) is 236 Å². The SMILES string of the molecule is Cc1ccc(-c2cc3c(c4c2oc2ccccc24)-c2ccc(N(c4ccc5c(c4)C(C)(C)c4c6c(c7oc8ccccc8c7c4-5)-c4ccccc4C6(C)C)c4ccc5ccccc5c4)cc2C3(C)C)c(C)c1. The van der Waals surface area contributed by atoms with Crippen LogP contribution in [0.3, 0.4) is 0 Å². The summed E-state index contributed by atoms with van der Waals surface area (Å²) in [6, 6.07) is 65.6. The number of furan rings is 2. The zero-order valence-corrected chi connectivity index (χ0v) is 42.0. The number of fused-ring (bicyclic) bond motifs is 20. The molecule has 3 aliphatic rings. The van der Waals surface area contributed by atoms with Crippen LogP contribution in [0.4, 0.5) is 17.1 Å². The van der Waals surface area contributed by atoms with Gasteiger partial charge in [-0.25, -0.2) is 0 Å². The molecule has 346 valence electrons. The van der Waals surface area contributed by atoms with Gasteiger partial charge in [-0.05, 0) is 152 Å². The smallest absolute Gasteiger partial charge is 0.144 e. The summed E-state index contributed by atoms with van der Waals surface area (Å²) in [5.41, 5.74) is 27.0. The second kappa shape index (κ2) is 14.0. The van der Waals surface area contributed by atoms with E-state index in [1.807, 2.05) is 0 Å². The zero-order valence-electron chi connectivity index (χ0n) is 42.0. The molecule has 0 saturated heterocycles. The molecule has 0 fully saturated rings. The van der Waals surface area contributed by atoms with Gasteiger partial charge < -0.3 is 13.7 Å². The molecule has 2 heterocycles. The molecule has 0 spiro atoms. The lowest BCUT2D eigenvalue weighted by atomic mass is 9.72. The number of benzene rings is 10. The van der Waals surface area contributed by atoms with Crippen molar-refractivity contribution in [3.63, 3.8) is 0 Å². The van der Waals surface area contributed by atoms with Crippen molar-refractivity contribution in [1.29, 1.82) is 0 Å². The van der Waals surface area contributed by atoms with E-state index in [1.54, 1.807) is 0 Å². The van der Waals surface area contributed by atoms with Crippen molar-refractivity contribution < 1.29 is 8.83 Å². The molecule has 0 amide bonds. The van der Waals surface area contributed by atoms with Crippen LogP contribution in [0.1, 0.15) is 86.1 Å². The van der Waals surface area contributed by atoms with Gasteiger partial charge in [0.1, 0.15) is 22.3 Å². The molecular formula is C69H53NO2. The van der Waals surface area contributed by atoms with Gasteiger partial charge in [0.25, 0.3) is 0 Å². The lowest BCUT2D eigenvalue weighted by molar-refractivity contribution is 0.600. The van der Waals surface area contributed by atoms with Gasteiger partial charge in [0.15, 0.2) is 0 Å². The van der Waals surface area contributed by atoms with Crippen LogP contribution in [0.15, 0.2) is 185 Å². The molecule has 0 unspecified atom stereocenters. The number of aryl methyl sites for hydroxylation is 2. The van der Waals surface area contributed by atoms with Gasteiger partial charge in [-0.1, -0.05) is 168 Å². The summed E-state index contributed by atoms with van der Waals surface area (Å²) in [7, 11) is 0. The summed E-state index contributed by atoms with van der Waals surface area (Å²) in [5.74, 6) is 0. The predicted molar refractivity (Wildman–Crippen MR) is 301 cm³/mol. The van der Waals surface area contributed by atoms with Crippen molar-refractivity contribution in [3.8, 4) is 44.5 Å². The van der Waals surface area contributed by atoms with Crippen molar-refractivity contribution in [2.24, 2.45) is 0 Å². The largest absolute Gasteiger partial charge is 0.455 e. The summed E-state index contributed by atoms with van der Waals surface area (Å²) >= 11 is 0. The maximum Gasteiger partial charge on any atom is 0.144 e. The molecule has 10 aromatic carbocycles. The molecular weight excluding hydrogens is 875 g/mol. The van der Waals surface area contributed by atoms with E-state index >= 15 is 0 Å². The predicted octanol–water partition coefficient (Wildman–Crippen LogP) is 19.3. The average molecular weight is 928 g/mol. The van der Waals surface area contributed by atoms with Gasteiger partial charge in [-0.2, -0.15) is 0 Å². The topological polar surface area (TPSA) is 29.5 Å². The van der Waals surface area contributed by atoms with Gasteiger partial charge >= 0.3 is 0 Å². The van der Waals surface area contributed by atoms with Crippen LogP contribution in [-0.4, -0.2) is 0 Å². The fourth-order valence-corrected chi connectivity index (χ4v) is 14.0. The Morgan fingerprint density at radius 2 is 0.889 bits per heavy atom. The third kappa shape index (κ3) is 5.30. The molecule has 0 N–H and O–H groups in total. The van der Waals surface area contributed by atoms with E-state index in [0.29, 0.717) is 0 Å². The Labute approximate surface area is 420 Å². The van der Waals surface area contributed by atoms with Crippen molar-refractivity contribution in [2.75, 3.05) is 4.90 Å². The van der Waals surface area contributed by atoms with Gasteiger partial charge in [0, 0.05) is 66.0 Å². The van der Waals surface area contributed by atoms with E-state index < -0.39 is 0 Å². The lowest BCUT2D eigenvalue weighted by Crippen LogP contribution is -2.24. The van der Waals surface area contributed by atoms with E-state index in [1.165, 1.54) is 110 Å². The van der Waals surface area contributed by atoms with Crippen LogP contribution in [0.2, 0.25) is 0 Å². The first-order valence-corrected chi connectivity index (χ1v) is 25.6. The van der Waals surface area contributed by atoms with Crippen LogP contribution in [-0.2, 0) is 16.2 Å². The average Bonchev–Trinajstić information content (AvgIpc) is 4.13. The molecule has 0 bridgehead atoms. The Morgan fingerprint density at radius 3 is 1.61 bits per heavy atom. The highest BCUT2D eigenvalue weighted by atomic mass is 16.3. The highest BCUT2D eigenvalue weighted by molar-refractivity contribution is 6.21. The second-order valence-corrected chi connectivity index (χ2v) is 22.5. The highest BCUT2D eigenvalue weighted by Gasteiger charge is 2.49. The summed E-state index contributed by atoms with van der Waals surface area (Å²) in [6.45, 7) is 19.0. The van der Waals surface area contributed by atoms with E-state index in [9.17, 15) is 0 Å². The molecule has 0 saturated carbocycles. The normalized spacial score (nSPS) is 15.3. The van der Waals surface area contributed by atoms with Crippen LogP contribution in [0, 0.1) is 13.8 Å². The van der Waals surface area contributed by atoms with Gasteiger partial charge in [-0.15, -0.1) is 0 Å². The molecule has 12 aromatic rings. The number of nitrogens with zero attached hydrogens (tertiary/aromatic N) is 1. The summed E-state index contributed by atoms with van der Waals surface area (Å²) < 4.78 is 13.9. The fourth-order valence-electron chi connectivity index (χ4n) is 14.0. The first-order valence-electron chi connectivity index (χ1n) is 25.6. The van der Waals surface area contributed by atoms with E-state index in [4.69, 9.17) is 8.83 Å². The van der Waals surface area contributed by atoms with Gasteiger partial charge in [0.2, 0.25) is 0 Å². The van der Waals surface area contributed by atoms with Crippen LogP contribution < -0.4 is 4.90 Å². The zero-order chi connectivity index (χ0) is 48.7. The van der Waals surface area contributed by atoms with Crippen molar-refractivity contribution in [2.45, 2.75) is 71.6 Å². The quantitative estimate of drug-likeness (QED) is 0.176. The van der Waals surface area contributed by atoms with Crippen molar-refractivity contribution >= 4 is 71.7 Å². The van der Waals surface area contributed by atoms with Crippen molar-refractivity contribution in [1.82, 2.24) is 0 Å². The number of anilines is 3. The van der Waals surface area contributed by atoms with E-state index in [0.717, 1.165) is 50.3 Å². The minimum atomic E-state index is -0.334. The first kappa shape index (κ1) is 41.6. The summed E-state index contributed by atoms with van der Waals surface area (Å²) in [4.78, 5) is 2.50. The Morgan fingerprint density at radius 1 is 0.361 bits per heavy atom. The molecule has 3 aliphatic carbocycles. The molecule has 0 atom stereocenters. The third-order valence-corrected chi connectivity index (χ3v) is 17.3. The van der Waals surface area contributed by atoms with Gasteiger partial charge in [0.05, 0.1) is 0 Å². The Hall–Kier alpha value is -8.14. The summed E-state index contributed by atoms with van der Waals surface area (Å²) in [5, 5.41) is 7.17. The molecule has 0 aliphatic heterocycles. The Bertz CT molecular complexity index is 4400. The maximum atomic E-state index is 7.01. The molecule has 3 nitrogen and oxygen atoms in total. The van der Waals surface area contributed by atoms with Crippen molar-refractivity contribution in [3.05, 3.63) is 220 Å². The third-order valence-electron chi connectivity index (χ3n) is 17.3.